The number of allylic oxidation sites excluding steroid dienone is 1. The van der Waals surface area contributed by atoms with Crippen LogP contribution in [-0.2, 0) is 6.54 Å². The minimum atomic E-state index is -0.625. The van der Waals surface area contributed by atoms with Gasteiger partial charge in [0.1, 0.15) is 17.4 Å². The summed E-state index contributed by atoms with van der Waals surface area (Å²) in [4.78, 5) is 16.9. The number of nitrogens with zero attached hydrogens (tertiary/aromatic N) is 3. The lowest BCUT2D eigenvalue weighted by Crippen LogP contribution is -2.33. The molecule has 1 unspecified atom stereocenters. The molecule has 2 aromatic heterocycles. The largest absolute Gasteiger partial charge is 0.440 e. The number of nitrogens with two attached hydrogens (primary N) is 1. The van der Waals surface area contributed by atoms with E-state index in [0.29, 0.717) is 17.0 Å². The molecule has 0 bridgehead atoms. The van der Waals surface area contributed by atoms with Crippen molar-refractivity contribution < 1.29 is 9.84 Å². The van der Waals surface area contributed by atoms with Crippen molar-refractivity contribution in [2.75, 3.05) is 6.61 Å². The predicted molar refractivity (Wildman–Crippen MR) is 86.1 cm³/mol. The van der Waals surface area contributed by atoms with Gasteiger partial charge < -0.3 is 20.1 Å². The van der Waals surface area contributed by atoms with Crippen LogP contribution in [0.2, 0.25) is 0 Å². The van der Waals surface area contributed by atoms with Gasteiger partial charge in [-0.2, -0.15) is 5.26 Å². The summed E-state index contributed by atoms with van der Waals surface area (Å²) in [7, 11) is 0. The second-order valence-electron chi connectivity index (χ2n) is 5.45. The van der Waals surface area contributed by atoms with Crippen LogP contribution in [0.1, 0.15) is 22.7 Å². The molecule has 0 fully saturated rings. The maximum absolute atomic E-state index is 13.0. The van der Waals surface area contributed by atoms with Crippen molar-refractivity contribution in [3.8, 4) is 11.8 Å². The molecule has 0 aliphatic carbocycles. The van der Waals surface area contributed by atoms with Crippen molar-refractivity contribution in [3.05, 3.63) is 69.2 Å². The number of aryl methyl sites for hydroxylation is 1. The molecular weight excluding hydrogens is 308 g/mol. The number of aromatic nitrogens is 2. The zero-order valence-corrected chi connectivity index (χ0v) is 13.1. The van der Waals surface area contributed by atoms with E-state index in [-0.39, 0.29) is 30.2 Å². The number of ether oxygens (including phenoxy) is 1. The van der Waals surface area contributed by atoms with Gasteiger partial charge in [-0.05, 0) is 24.6 Å². The normalized spacial score (nSPS) is 16.3. The number of fused-ring (bicyclic) bond motifs is 1. The molecule has 0 saturated heterocycles. The van der Waals surface area contributed by atoms with Gasteiger partial charge in [-0.3, -0.25) is 9.78 Å². The van der Waals surface area contributed by atoms with Crippen molar-refractivity contribution in [2.45, 2.75) is 19.4 Å². The first-order chi connectivity index (χ1) is 11.6. The molecule has 0 aromatic carbocycles. The summed E-state index contributed by atoms with van der Waals surface area (Å²) >= 11 is 0. The van der Waals surface area contributed by atoms with Crippen LogP contribution in [0, 0.1) is 18.3 Å². The van der Waals surface area contributed by atoms with E-state index in [9.17, 15) is 15.2 Å². The molecule has 0 spiro atoms. The standard InChI is InChI=1S/C17H16N4O3/c1-10-8-13-15(17(23)21(10)6-7-22)14(11-2-4-20-5-3-11)12(9-18)16(19)24-13/h2-5,8,14,22H,6-7,19H2,1H3. The Morgan fingerprint density at radius 1 is 1.46 bits per heavy atom. The third kappa shape index (κ3) is 2.43. The highest BCUT2D eigenvalue weighted by molar-refractivity contribution is 5.54. The van der Waals surface area contributed by atoms with E-state index in [0.717, 1.165) is 5.56 Å². The van der Waals surface area contributed by atoms with Gasteiger partial charge in [0.2, 0.25) is 5.88 Å². The average molecular weight is 324 g/mol. The van der Waals surface area contributed by atoms with Crippen LogP contribution >= 0.6 is 0 Å². The molecule has 0 radical (unpaired) electrons. The minimum absolute atomic E-state index is 0.00878. The maximum Gasteiger partial charge on any atom is 0.258 e. The Bertz CT molecular complexity index is 910. The van der Waals surface area contributed by atoms with Crippen LogP contribution < -0.4 is 16.0 Å². The molecule has 1 aliphatic heterocycles. The third-order valence-corrected chi connectivity index (χ3v) is 4.05. The third-order valence-electron chi connectivity index (χ3n) is 4.05. The lowest BCUT2D eigenvalue weighted by Gasteiger charge is -2.27. The van der Waals surface area contributed by atoms with Gasteiger partial charge in [-0.25, -0.2) is 0 Å². The Balaban J connectivity index is 2.32. The predicted octanol–water partition coefficient (Wildman–Crippen LogP) is 0.762. The molecule has 7 nitrogen and oxygen atoms in total. The quantitative estimate of drug-likeness (QED) is 0.861. The second-order valence-corrected chi connectivity index (χ2v) is 5.45. The van der Waals surface area contributed by atoms with E-state index in [1.54, 1.807) is 37.5 Å². The van der Waals surface area contributed by atoms with E-state index in [2.05, 4.69) is 4.98 Å². The van der Waals surface area contributed by atoms with E-state index >= 15 is 0 Å². The molecule has 122 valence electrons. The van der Waals surface area contributed by atoms with Crippen LogP contribution in [0.15, 0.2) is 46.8 Å². The first-order valence-corrected chi connectivity index (χ1v) is 7.41. The average Bonchev–Trinajstić information content (AvgIpc) is 2.58. The molecule has 3 heterocycles. The van der Waals surface area contributed by atoms with Crippen molar-refractivity contribution in [3.63, 3.8) is 0 Å². The van der Waals surface area contributed by atoms with Crippen LogP contribution in [0.3, 0.4) is 0 Å². The molecule has 1 atom stereocenters. The molecule has 0 amide bonds. The zero-order chi connectivity index (χ0) is 17.3. The SMILES string of the molecule is Cc1cc2c(c(=O)n1CCO)C(c1ccncc1)C(C#N)=C(N)O2. The number of aliphatic hydroxyl groups excluding tert-OH is 1. The van der Waals surface area contributed by atoms with Crippen molar-refractivity contribution in [2.24, 2.45) is 5.73 Å². The monoisotopic (exact) mass is 324 g/mol. The van der Waals surface area contributed by atoms with Crippen LogP contribution in [0.4, 0.5) is 0 Å². The number of aliphatic hydroxyl groups is 1. The number of nitriles is 1. The molecule has 7 heteroatoms. The van der Waals surface area contributed by atoms with Gasteiger partial charge in [0.25, 0.3) is 5.56 Å². The van der Waals surface area contributed by atoms with Crippen LogP contribution in [0.5, 0.6) is 5.75 Å². The Kier molecular flexibility index (Phi) is 4.06. The molecule has 3 rings (SSSR count). The molecule has 1 aliphatic rings. The van der Waals surface area contributed by atoms with Gasteiger partial charge in [0.05, 0.1) is 18.1 Å². The summed E-state index contributed by atoms with van der Waals surface area (Å²) in [5.74, 6) is -0.296. The van der Waals surface area contributed by atoms with Crippen LogP contribution in [-0.4, -0.2) is 21.3 Å². The molecule has 3 N–H and O–H groups in total. The second kappa shape index (κ2) is 6.18. The van der Waals surface area contributed by atoms with Gasteiger partial charge in [0.15, 0.2) is 0 Å². The number of hydrogen-bond donors (Lipinski definition) is 2. The summed E-state index contributed by atoms with van der Waals surface area (Å²) in [5, 5.41) is 18.7. The van der Waals surface area contributed by atoms with Gasteiger partial charge in [-0.1, -0.05) is 0 Å². The first kappa shape index (κ1) is 15.8. The summed E-state index contributed by atoms with van der Waals surface area (Å²) in [6.07, 6.45) is 3.19. The highest BCUT2D eigenvalue weighted by Gasteiger charge is 2.34. The Hall–Kier alpha value is -3.11. The smallest absolute Gasteiger partial charge is 0.258 e. The molecule has 0 saturated carbocycles. The van der Waals surface area contributed by atoms with Gasteiger partial charge in [-0.15, -0.1) is 0 Å². The minimum Gasteiger partial charge on any atom is -0.440 e. The molecular formula is C17H16N4O3. The fourth-order valence-corrected chi connectivity index (χ4v) is 2.95. The highest BCUT2D eigenvalue weighted by Crippen LogP contribution is 2.40. The number of hydrogen-bond acceptors (Lipinski definition) is 6. The fraction of sp³-hybridized carbons (Fsp3) is 0.235. The summed E-state index contributed by atoms with van der Waals surface area (Å²) in [5.41, 5.74) is 7.49. The van der Waals surface area contributed by atoms with E-state index in [1.165, 1.54) is 4.57 Å². The van der Waals surface area contributed by atoms with Crippen molar-refractivity contribution >= 4 is 0 Å². The maximum atomic E-state index is 13.0. The molecule has 24 heavy (non-hydrogen) atoms. The Labute approximate surface area is 138 Å². The first-order valence-electron chi connectivity index (χ1n) is 7.41. The highest BCUT2D eigenvalue weighted by atomic mass is 16.5. The Morgan fingerprint density at radius 3 is 2.79 bits per heavy atom. The summed E-state index contributed by atoms with van der Waals surface area (Å²) in [6.45, 7) is 1.76. The van der Waals surface area contributed by atoms with E-state index in [4.69, 9.17) is 10.5 Å². The van der Waals surface area contributed by atoms with Gasteiger partial charge in [0, 0.05) is 30.7 Å². The van der Waals surface area contributed by atoms with E-state index < -0.39 is 5.92 Å². The number of rotatable bonds is 3. The summed E-state index contributed by atoms with van der Waals surface area (Å²) in [6, 6.07) is 7.22. The summed E-state index contributed by atoms with van der Waals surface area (Å²) < 4.78 is 6.99. The van der Waals surface area contributed by atoms with Crippen LogP contribution in [0.25, 0.3) is 0 Å². The van der Waals surface area contributed by atoms with Crippen molar-refractivity contribution in [1.82, 2.24) is 9.55 Å². The van der Waals surface area contributed by atoms with E-state index in [1.807, 2.05) is 6.07 Å². The number of pyridine rings is 2. The molecule has 2 aromatic rings. The fourth-order valence-electron chi connectivity index (χ4n) is 2.95. The lowest BCUT2D eigenvalue weighted by molar-refractivity contribution is 0.272. The lowest BCUT2D eigenvalue weighted by atomic mass is 9.84. The van der Waals surface area contributed by atoms with Crippen molar-refractivity contribution in [1.29, 1.82) is 5.26 Å². The topological polar surface area (TPSA) is 114 Å². The van der Waals surface area contributed by atoms with Gasteiger partial charge >= 0.3 is 0 Å². The zero-order valence-electron chi connectivity index (χ0n) is 13.1. The Morgan fingerprint density at radius 2 is 2.17 bits per heavy atom.